The Hall–Kier alpha value is -0.590. The fourth-order valence-corrected chi connectivity index (χ4v) is 2.94. The number of rotatable bonds is 3. The largest absolute Gasteiger partial charge is 0.301 e. The summed E-state index contributed by atoms with van der Waals surface area (Å²) in [5.41, 5.74) is 0.313. The maximum absolute atomic E-state index is 8.93. The van der Waals surface area contributed by atoms with Crippen molar-refractivity contribution in [2.75, 3.05) is 33.2 Å². The molecule has 1 heterocycles. The topological polar surface area (TPSA) is 30.3 Å². The molecule has 0 spiro atoms. The quantitative estimate of drug-likeness (QED) is 0.754. The standard InChI is InChI=1S/C14H27N3/c1-12(2)8-17-9-13(6-7-15)16(5)10-14(3,4)11-17/h12-13H,6,8-11H2,1-5H3. The second-order valence-electron chi connectivity index (χ2n) is 6.68. The first-order valence-corrected chi connectivity index (χ1v) is 6.63. The molecule has 0 radical (unpaired) electrons. The summed E-state index contributed by atoms with van der Waals surface area (Å²) in [5, 5.41) is 8.93. The molecule has 0 N–H and O–H groups in total. The Morgan fingerprint density at radius 3 is 2.53 bits per heavy atom. The highest BCUT2D eigenvalue weighted by Crippen LogP contribution is 2.25. The van der Waals surface area contributed by atoms with Crippen molar-refractivity contribution >= 4 is 0 Å². The number of nitrogens with zero attached hydrogens (tertiary/aromatic N) is 3. The van der Waals surface area contributed by atoms with Gasteiger partial charge in [-0.3, -0.25) is 0 Å². The van der Waals surface area contributed by atoms with E-state index in [1.807, 2.05) is 0 Å². The molecule has 0 aromatic rings. The Bertz CT molecular complexity index is 278. The lowest BCUT2D eigenvalue weighted by molar-refractivity contribution is 0.182. The molecular weight excluding hydrogens is 210 g/mol. The van der Waals surface area contributed by atoms with Crippen LogP contribution in [-0.2, 0) is 0 Å². The fourth-order valence-electron chi connectivity index (χ4n) is 2.94. The van der Waals surface area contributed by atoms with Gasteiger partial charge >= 0.3 is 0 Å². The van der Waals surface area contributed by atoms with Crippen molar-refractivity contribution in [1.29, 1.82) is 5.26 Å². The van der Waals surface area contributed by atoms with Gasteiger partial charge in [-0.05, 0) is 18.4 Å². The van der Waals surface area contributed by atoms with Gasteiger partial charge in [0.1, 0.15) is 0 Å². The van der Waals surface area contributed by atoms with Crippen LogP contribution in [0, 0.1) is 22.7 Å². The number of hydrogen-bond donors (Lipinski definition) is 0. The average Bonchev–Trinajstić information content (AvgIpc) is 2.22. The molecule has 0 aromatic carbocycles. The molecule has 3 nitrogen and oxygen atoms in total. The van der Waals surface area contributed by atoms with Crippen LogP contribution in [0.5, 0.6) is 0 Å². The van der Waals surface area contributed by atoms with Crippen molar-refractivity contribution < 1.29 is 0 Å². The second kappa shape index (κ2) is 5.84. The normalized spacial score (nSPS) is 26.8. The van der Waals surface area contributed by atoms with E-state index < -0.39 is 0 Å². The van der Waals surface area contributed by atoms with E-state index in [9.17, 15) is 0 Å². The second-order valence-corrected chi connectivity index (χ2v) is 6.68. The molecule has 1 aliphatic rings. The minimum atomic E-state index is 0.313. The molecule has 1 saturated heterocycles. The summed E-state index contributed by atoms with van der Waals surface area (Å²) >= 11 is 0. The lowest BCUT2D eigenvalue weighted by atomic mass is 9.92. The molecule has 0 aliphatic carbocycles. The molecule has 0 saturated carbocycles. The van der Waals surface area contributed by atoms with Crippen molar-refractivity contribution in [3.05, 3.63) is 0 Å². The van der Waals surface area contributed by atoms with Crippen LogP contribution in [0.4, 0.5) is 0 Å². The van der Waals surface area contributed by atoms with Gasteiger partial charge in [0.05, 0.1) is 12.5 Å². The maximum atomic E-state index is 8.93. The van der Waals surface area contributed by atoms with E-state index in [4.69, 9.17) is 5.26 Å². The number of nitriles is 1. The zero-order valence-electron chi connectivity index (χ0n) is 12.0. The van der Waals surface area contributed by atoms with Gasteiger partial charge < -0.3 is 9.80 Å². The summed E-state index contributed by atoms with van der Waals surface area (Å²) < 4.78 is 0. The third-order valence-corrected chi connectivity index (χ3v) is 3.37. The van der Waals surface area contributed by atoms with E-state index in [0.717, 1.165) is 26.2 Å². The SMILES string of the molecule is CC(C)CN1CC(CC#N)N(C)CC(C)(C)C1. The summed E-state index contributed by atoms with van der Waals surface area (Å²) in [6, 6.07) is 2.72. The Labute approximate surface area is 106 Å². The Morgan fingerprint density at radius 2 is 2.00 bits per heavy atom. The van der Waals surface area contributed by atoms with Crippen molar-refractivity contribution in [2.45, 2.75) is 40.2 Å². The van der Waals surface area contributed by atoms with Crippen molar-refractivity contribution in [3.8, 4) is 6.07 Å². The van der Waals surface area contributed by atoms with Gasteiger partial charge in [0, 0.05) is 32.2 Å². The summed E-state index contributed by atoms with van der Waals surface area (Å²) in [7, 11) is 2.16. The van der Waals surface area contributed by atoms with Gasteiger partial charge in [0.15, 0.2) is 0 Å². The Balaban J connectivity index is 2.75. The van der Waals surface area contributed by atoms with Crippen LogP contribution in [-0.4, -0.2) is 49.1 Å². The minimum absolute atomic E-state index is 0.313. The zero-order chi connectivity index (χ0) is 13.1. The van der Waals surface area contributed by atoms with E-state index in [1.165, 1.54) is 0 Å². The number of likely N-dealkylation sites (N-methyl/N-ethyl adjacent to an activating group) is 1. The molecule has 98 valence electrons. The van der Waals surface area contributed by atoms with Crippen LogP contribution in [0.1, 0.15) is 34.1 Å². The smallest absolute Gasteiger partial charge is 0.0638 e. The van der Waals surface area contributed by atoms with Gasteiger partial charge in [-0.2, -0.15) is 5.26 Å². The van der Waals surface area contributed by atoms with Crippen LogP contribution >= 0.6 is 0 Å². The Morgan fingerprint density at radius 1 is 1.35 bits per heavy atom. The van der Waals surface area contributed by atoms with Crippen LogP contribution in [0.15, 0.2) is 0 Å². The summed E-state index contributed by atoms with van der Waals surface area (Å²) in [6.07, 6.45) is 0.640. The molecule has 0 bridgehead atoms. The van der Waals surface area contributed by atoms with Gasteiger partial charge in [-0.1, -0.05) is 27.7 Å². The van der Waals surface area contributed by atoms with E-state index in [1.54, 1.807) is 0 Å². The third-order valence-electron chi connectivity index (χ3n) is 3.37. The molecule has 0 amide bonds. The maximum Gasteiger partial charge on any atom is 0.0638 e. The molecule has 1 fully saturated rings. The van der Waals surface area contributed by atoms with Gasteiger partial charge in [-0.25, -0.2) is 0 Å². The predicted molar refractivity (Wildman–Crippen MR) is 71.7 cm³/mol. The number of hydrogen-bond acceptors (Lipinski definition) is 3. The lowest BCUT2D eigenvalue weighted by Gasteiger charge is -2.30. The zero-order valence-corrected chi connectivity index (χ0v) is 12.0. The fraction of sp³-hybridized carbons (Fsp3) is 0.929. The molecule has 1 atom stereocenters. The van der Waals surface area contributed by atoms with Crippen LogP contribution in [0.3, 0.4) is 0 Å². The van der Waals surface area contributed by atoms with Gasteiger partial charge in [0.25, 0.3) is 0 Å². The summed E-state index contributed by atoms with van der Waals surface area (Å²) in [4.78, 5) is 4.90. The van der Waals surface area contributed by atoms with E-state index >= 15 is 0 Å². The van der Waals surface area contributed by atoms with Crippen LogP contribution < -0.4 is 0 Å². The first-order chi connectivity index (χ1) is 7.84. The molecule has 1 rings (SSSR count). The molecule has 1 unspecified atom stereocenters. The average molecular weight is 237 g/mol. The molecule has 3 heteroatoms. The summed E-state index contributed by atoms with van der Waals surface area (Å²) in [5.74, 6) is 0.692. The van der Waals surface area contributed by atoms with Crippen molar-refractivity contribution in [2.24, 2.45) is 11.3 Å². The van der Waals surface area contributed by atoms with E-state index in [2.05, 4.69) is 50.6 Å². The third kappa shape index (κ3) is 4.65. The van der Waals surface area contributed by atoms with Crippen LogP contribution in [0.2, 0.25) is 0 Å². The highest BCUT2D eigenvalue weighted by molar-refractivity contribution is 4.91. The monoisotopic (exact) mass is 237 g/mol. The summed E-state index contributed by atoms with van der Waals surface area (Å²) in [6.45, 7) is 13.6. The molecule has 17 heavy (non-hydrogen) atoms. The van der Waals surface area contributed by atoms with E-state index in [0.29, 0.717) is 23.8 Å². The van der Waals surface area contributed by atoms with Crippen molar-refractivity contribution in [1.82, 2.24) is 9.80 Å². The highest BCUT2D eigenvalue weighted by atomic mass is 15.2. The van der Waals surface area contributed by atoms with Crippen molar-refractivity contribution in [3.63, 3.8) is 0 Å². The molecule has 0 aromatic heterocycles. The Kier molecular flexibility index (Phi) is 4.97. The van der Waals surface area contributed by atoms with Gasteiger partial charge in [0.2, 0.25) is 0 Å². The highest BCUT2D eigenvalue weighted by Gasteiger charge is 2.32. The molecular formula is C14H27N3. The molecule has 1 aliphatic heterocycles. The first kappa shape index (κ1) is 14.5. The van der Waals surface area contributed by atoms with E-state index in [-0.39, 0.29) is 0 Å². The van der Waals surface area contributed by atoms with Crippen LogP contribution in [0.25, 0.3) is 0 Å². The minimum Gasteiger partial charge on any atom is -0.301 e. The predicted octanol–water partition coefficient (Wildman–Crippen LogP) is 2.20. The lowest BCUT2D eigenvalue weighted by Crippen LogP contribution is -2.39. The first-order valence-electron chi connectivity index (χ1n) is 6.63. The van der Waals surface area contributed by atoms with Gasteiger partial charge in [-0.15, -0.1) is 0 Å².